The molecule has 1 aromatic heterocycles. The second-order valence-electron chi connectivity index (χ2n) is 8.11. The molecule has 0 radical (unpaired) electrons. The van der Waals surface area contributed by atoms with Crippen molar-refractivity contribution in [2.24, 2.45) is 10.2 Å². The smallest absolute Gasteiger partial charge is 0.416 e. The van der Waals surface area contributed by atoms with Crippen LogP contribution >= 0.6 is 22.9 Å². The second-order valence-corrected chi connectivity index (χ2v) is 9.51. The first-order valence-electron chi connectivity index (χ1n) is 10.5. The Kier molecular flexibility index (Phi) is 5.83. The molecule has 5 rings (SSSR count). The van der Waals surface area contributed by atoms with E-state index < -0.39 is 11.7 Å². The Bertz CT molecular complexity index is 1490. The molecule has 176 valence electrons. The molecule has 0 bridgehead atoms. The molecular formula is C23H18ClF3N4O2S. The SMILES string of the molecule is O=c1sc(C(Cc2ccc(Cl)cc2C(F)(F)F)=c2ccc3c(c2)C=NN=3)c(O)n1[C@@H]1CCNC1. The number of benzene rings is 2. The molecule has 2 aliphatic rings. The molecule has 0 amide bonds. The molecule has 34 heavy (non-hydrogen) atoms. The molecular weight excluding hydrogens is 489 g/mol. The minimum Gasteiger partial charge on any atom is -0.493 e. The van der Waals surface area contributed by atoms with Crippen LogP contribution in [0.3, 0.4) is 0 Å². The van der Waals surface area contributed by atoms with Crippen LogP contribution < -0.4 is 20.8 Å². The number of aromatic hydroxyl groups is 1. The van der Waals surface area contributed by atoms with Crippen molar-refractivity contribution in [1.29, 1.82) is 0 Å². The van der Waals surface area contributed by atoms with Gasteiger partial charge >= 0.3 is 11.0 Å². The van der Waals surface area contributed by atoms with Gasteiger partial charge in [-0.25, -0.2) is 0 Å². The average Bonchev–Trinajstić information content (AvgIpc) is 3.52. The van der Waals surface area contributed by atoms with Gasteiger partial charge in [-0.15, -0.1) is 0 Å². The van der Waals surface area contributed by atoms with Crippen LogP contribution in [0.4, 0.5) is 13.2 Å². The third kappa shape index (κ3) is 4.17. The summed E-state index contributed by atoms with van der Waals surface area (Å²) in [6, 6.07) is 8.57. The highest BCUT2D eigenvalue weighted by atomic mass is 35.5. The molecule has 0 saturated carbocycles. The summed E-state index contributed by atoms with van der Waals surface area (Å²) in [5, 5.41) is 23.3. The van der Waals surface area contributed by atoms with Crippen molar-refractivity contribution in [1.82, 2.24) is 9.88 Å². The molecule has 1 fully saturated rings. The third-order valence-corrected chi connectivity index (χ3v) is 7.21. The Morgan fingerprint density at radius 2 is 2.09 bits per heavy atom. The standard InChI is InChI=1S/C23H18ClF3N4O2S/c24-15-3-1-13(18(9-15)23(25,26)27)8-17(12-2-4-19-14(7-12)10-29-30-19)20-21(32)31(22(33)34-20)16-5-6-28-11-16/h1-4,7,9-10,16,28,32H,5-6,8,11H2/t16-/m1/s1. The van der Waals surface area contributed by atoms with E-state index in [1.54, 1.807) is 24.4 Å². The van der Waals surface area contributed by atoms with Crippen molar-refractivity contribution >= 4 is 34.7 Å². The quantitative estimate of drug-likeness (QED) is 0.570. The Morgan fingerprint density at radius 3 is 2.82 bits per heavy atom. The van der Waals surface area contributed by atoms with Crippen LogP contribution in [0.5, 0.6) is 5.88 Å². The number of nitrogens with zero attached hydrogens (tertiary/aromatic N) is 3. The summed E-state index contributed by atoms with van der Waals surface area (Å²) in [5.74, 6) is -0.236. The van der Waals surface area contributed by atoms with E-state index in [9.17, 15) is 23.1 Å². The molecule has 2 N–H and O–H groups in total. The minimum absolute atomic E-state index is 0.0138. The van der Waals surface area contributed by atoms with Gasteiger partial charge in [-0.2, -0.15) is 23.4 Å². The Balaban J connectivity index is 1.73. The second kappa shape index (κ2) is 8.68. The fourth-order valence-electron chi connectivity index (χ4n) is 4.32. The Morgan fingerprint density at radius 1 is 1.26 bits per heavy atom. The van der Waals surface area contributed by atoms with Crippen LogP contribution in [-0.2, 0) is 12.6 Å². The monoisotopic (exact) mass is 506 g/mol. The molecule has 3 heterocycles. The van der Waals surface area contributed by atoms with Crippen LogP contribution in [0, 0.1) is 0 Å². The van der Waals surface area contributed by atoms with Crippen molar-refractivity contribution in [3.8, 4) is 5.88 Å². The van der Waals surface area contributed by atoms with E-state index in [-0.39, 0.29) is 38.7 Å². The number of thiazole rings is 1. The Hall–Kier alpha value is -2.95. The average molecular weight is 507 g/mol. The van der Waals surface area contributed by atoms with Gasteiger partial charge in [0.2, 0.25) is 5.88 Å². The normalized spacial score (nSPS) is 18.2. The number of hydrogen-bond acceptors (Lipinski definition) is 6. The molecule has 0 unspecified atom stereocenters. The first kappa shape index (κ1) is 22.8. The first-order chi connectivity index (χ1) is 16.2. The van der Waals surface area contributed by atoms with E-state index >= 15 is 0 Å². The molecule has 3 aromatic rings. The van der Waals surface area contributed by atoms with Gasteiger partial charge in [0.1, 0.15) is 0 Å². The Labute approximate surface area is 200 Å². The number of nitrogens with one attached hydrogen (secondary N) is 1. The minimum atomic E-state index is -4.62. The van der Waals surface area contributed by atoms with Crippen molar-refractivity contribution in [3.63, 3.8) is 0 Å². The summed E-state index contributed by atoms with van der Waals surface area (Å²) < 4.78 is 42.8. The van der Waals surface area contributed by atoms with E-state index in [0.29, 0.717) is 41.2 Å². The zero-order valence-corrected chi connectivity index (χ0v) is 19.1. The summed E-state index contributed by atoms with van der Waals surface area (Å²) in [6.07, 6.45) is -2.57. The maximum absolute atomic E-state index is 13.8. The molecule has 1 saturated heterocycles. The highest BCUT2D eigenvalue weighted by Gasteiger charge is 2.34. The summed E-state index contributed by atoms with van der Waals surface area (Å²) in [5.41, 5.74) is 0.232. The van der Waals surface area contributed by atoms with E-state index in [4.69, 9.17) is 11.6 Å². The van der Waals surface area contributed by atoms with E-state index in [1.807, 2.05) is 0 Å². The van der Waals surface area contributed by atoms with Crippen LogP contribution in [0.25, 0.3) is 5.57 Å². The van der Waals surface area contributed by atoms with E-state index in [0.717, 1.165) is 17.4 Å². The van der Waals surface area contributed by atoms with Gasteiger partial charge in [-0.05, 0) is 53.6 Å². The number of aromatic nitrogens is 1. The first-order valence-corrected chi connectivity index (χ1v) is 11.7. The lowest BCUT2D eigenvalue weighted by molar-refractivity contribution is -0.138. The van der Waals surface area contributed by atoms with Gasteiger partial charge in [0.15, 0.2) is 0 Å². The van der Waals surface area contributed by atoms with Crippen molar-refractivity contribution < 1.29 is 18.3 Å². The van der Waals surface area contributed by atoms with E-state index in [2.05, 4.69) is 15.5 Å². The largest absolute Gasteiger partial charge is 0.493 e. The molecule has 0 spiro atoms. The lowest BCUT2D eigenvalue weighted by atomic mass is 9.96. The maximum Gasteiger partial charge on any atom is 0.416 e. The van der Waals surface area contributed by atoms with Gasteiger partial charge in [0, 0.05) is 23.6 Å². The van der Waals surface area contributed by atoms with Gasteiger partial charge in [-0.1, -0.05) is 35.1 Å². The molecule has 6 nitrogen and oxygen atoms in total. The summed E-state index contributed by atoms with van der Waals surface area (Å²) in [6.45, 7) is 1.25. The fourth-order valence-corrected chi connectivity index (χ4v) is 5.50. The van der Waals surface area contributed by atoms with Crippen molar-refractivity contribution in [2.45, 2.75) is 25.1 Å². The van der Waals surface area contributed by atoms with Crippen LogP contribution in [0.2, 0.25) is 5.02 Å². The number of fused-ring (bicyclic) bond motifs is 1. The molecule has 1 atom stereocenters. The summed E-state index contributed by atoms with van der Waals surface area (Å²) in [7, 11) is 0. The zero-order chi connectivity index (χ0) is 24.0. The topological polar surface area (TPSA) is 79.0 Å². The zero-order valence-electron chi connectivity index (χ0n) is 17.6. The maximum atomic E-state index is 13.8. The van der Waals surface area contributed by atoms with Crippen molar-refractivity contribution in [2.75, 3.05) is 13.1 Å². The summed E-state index contributed by atoms with van der Waals surface area (Å²) in [4.78, 5) is 12.7. The predicted molar refractivity (Wildman–Crippen MR) is 124 cm³/mol. The molecule has 11 heteroatoms. The highest BCUT2D eigenvalue weighted by molar-refractivity contribution is 7.10. The number of rotatable bonds is 4. The van der Waals surface area contributed by atoms with Gasteiger partial charge in [0.25, 0.3) is 0 Å². The van der Waals surface area contributed by atoms with Gasteiger partial charge in [-0.3, -0.25) is 9.36 Å². The molecule has 0 aliphatic carbocycles. The number of hydrogen-bond donors (Lipinski definition) is 2. The number of halogens is 4. The van der Waals surface area contributed by atoms with Crippen molar-refractivity contribution in [3.05, 3.63) is 83.2 Å². The molecule has 2 aliphatic heterocycles. The van der Waals surface area contributed by atoms with Gasteiger partial charge < -0.3 is 10.4 Å². The van der Waals surface area contributed by atoms with Crippen LogP contribution in [0.15, 0.2) is 51.4 Å². The lowest BCUT2D eigenvalue weighted by Gasteiger charge is -2.16. The van der Waals surface area contributed by atoms with Crippen LogP contribution in [-0.4, -0.2) is 29.0 Å². The number of alkyl halides is 3. The predicted octanol–water partition coefficient (Wildman–Crippen LogP) is 3.23. The molecule has 2 aromatic carbocycles. The van der Waals surface area contributed by atoms with Gasteiger partial charge in [0.05, 0.1) is 28.1 Å². The van der Waals surface area contributed by atoms with Crippen LogP contribution in [0.1, 0.15) is 34.0 Å². The fraction of sp³-hybridized carbons (Fsp3) is 0.261. The van der Waals surface area contributed by atoms with E-state index in [1.165, 1.54) is 16.7 Å². The summed E-state index contributed by atoms with van der Waals surface area (Å²) >= 11 is 6.69. The highest BCUT2D eigenvalue weighted by Crippen LogP contribution is 2.37. The third-order valence-electron chi connectivity index (χ3n) is 5.97. The lowest BCUT2D eigenvalue weighted by Crippen LogP contribution is -2.21.